The first kappa shape index (κ1) is 15.1. The van der Waals surface area contributed by atoms with Crippen molar-refractivity contribution in [2.45, 2.75) is 17.7 Å². The SMILES string of the molecule is Cc1ccc(Oc2ccc(NC(=O)C3CC3(Cl)Cl)cn2)cc1. The summed E-state index contributed by atoms with van der Waals surface area (Å²) in [5.41, 5.74) is 1.74. The number of ether oxygens (including phenoxy) is 1. The van der Waals surface area contributed by atoms with Gasteiger partial charge in [0.15, 0.2) is 0 Å². The third kappa shape index (κ3) is 3.51. The predicted octanol–water partition coefficient (Wildman–Crippen LogP) is 4.31. The molecule has 1 aromatic heterocycles. The van der Waals surface area contributed by atoms with Gasteiger partial charge in [-0.25, -0.2) is 4.98 Å². The zero-order valence-electron chi connectivity index (χ0n) is 11.8. The minimum Gasteiger partial charge on any atom is -0.439 e. The van der Waals surface area contributed by atoms with Crippen LogP contribution in [0.3, 0.4) is 0 Å². The quantitative estimate of drug-likeness (QED) is 0.846. The number of alkyl halides is 2. The van der Waals surface area contributed by atoms with Crippen LogP contribution in [-0.2, 0) is 4.79 Å². The molecule has 3 rings (SSSR count). The van der Waals surface area contributed by atoms with E-state index in [9.17, 15) is 4.79 Å². The van der Waals surface area contributed by atoms with Crippen molar-refractivity contribution < 1.29 is 9.53 Å². The highest BCUT2D eigenvalue weighted by atomic mass is 35.5. The molecular formula is C16H14Cl2N2O2. The van der Waals surface area contributed by atoms with Gasteiger partial charge in [0.2, 0.25) is 11.8 Å². The summed E-state index contributed by atoms with van der Waals surface area (Å²) in [7, 11) is 0. The van der Waals surface area contributed by atoms with Gasteiger partial charge in [-0.05, 0) is 31.5 Å². The average Bonchev–Trinajstić information content (AvgIpc) is 3.13. The molecule has 0 aliphatic heterocycles. The number of anilines is 1. The van der Waals surface area contributed by atoms with E-state index in [1.807, 2.05) is 31.2 Å². The molecule has 0 radical (unpaired) electrons. The lowest BCUT2D eigenvalue weighted by Crippen LogP contribution is -2.16. The summed E-state index contributed by atoms with van der Waals surface area (Å²) in [4.78, 5) is 16.0. The van der Waals surface area contributed by atoms with Gasteiger partial charge < -0.3 is 10.1 Å². The number of amides is 1. The smallest absolute Gasteiger partial charge is 0.230 e. The van der Waals surface area contributed by atoms with Crippen molar-refractivity contribution >= 4 is 34.8 Å². The summed E-state index contributed by atoms with van der Waals surface area (Å²) in [5, 5.41) is 2.73. The highest BCUT2D eigenvalue weighted by Gasteiger charge is 2.56. The molecule has 1 amide bonds. The third-order valence-electron chi connectivity index (χ3n) is 3.39. The van der Waals surface area contributed by atoms with E-state index in [4.69, 9.17) is 27.9 Å². The number of carbonyl (C=O) groups is 1. The van der Waals surface area contributed by atoms with Crippen LogP contribution in [0, 0.1) is 12.8 Å². The molecule has 0 spiro atoms. The van der Waals surface area contributed by atoms with Gasteiger partial charge >= 0.3 is 0 Å². The zero-order chi connectivity index (χ0) is 15.7. The minimum atomic E-state index is -0.925. The van der Waals surface area contributed by atoms with Crippen LogP contribution in [0.2, 0.25) is 0 Å². The Morgan fingerprint density at radius 1 is 1.27 bits per heavy atom. The fourth-order valence-electron chi connectivity index (χ4n) is 1.97. The molecule has 2 aromatic rings. The first-order chi connectivity index (χ1) is 10.4. The van der Waals surface area contributed by atoms with E-state index in [0.29, 0.717) is 23.7 Å². The largest absolute Gasteiger partial charge is 0.439 e. The van der Waals surface area contributed by atoms with Gasteiger partial charge in [0.05, 0.1) is 17.8 Å². The zero-order valence-corrected chi connectivity index (χ0v) is 13.4. The molecule has 1 heterocycles. The summed E-state index contributed by atoms with van der Waals surface area (Å²) < 4.78 is 4.70. The van der Waals surface area contributed by atoms with E-state index in [0.717, 1.165) is 5.56 Å². The summed E-state index contributed by atoms with van der Waals surface area (Å²) >= 11 is 11.7. The molecule has 1 unspecified atom stereocenters. The Hall–Kier alpha value is -1.78. The van der Waals surface area contributed by atoms with Crippen molar-refractivity contribution in [3.8, 4) is 11.6 Å². The summed E-state index contributed by atoms with van der Waals surface area (Å²) in [6, 6.07) is 11.1. The standard InChI is InChI=1S/C16H14Cl2N2O2/c1-10-2-5-12(6-3-10)22-14-7-4-11(9-19-14)20-15(21)13-8-16(13,17)18/h2-7,9,13H,8H2,1H3,(H,20,21). The van der Waals surface area contributed by atoms with Crippen LogP contribution in [0.25, 0.3) is 0 Å². The van der Waals surface area contributed by atoms with Crippen molar-refractivity contribution in [2.24, 2.45) is 5.92 Å². The van der Waals surface area contributed by atoms with E-state index < -0.39 is 4.33 Å². The number of hydrogen-bond donors (Lipinski definition) is 1. The molecule has 1 aromatic carbocycles. The number of nitrogens with one attached hydrogen (secondary N) is 1. The molecule has 22 heavy (non-hydrogen) atoms. The van der Waals surface area contributed by atoms with E-state index >= 15 is 0 Å². The van der Waals surface area contributed by atoms with Gasteiger partial charge in [0.1, 0.15) is 10.1 Å². The molecule has 1 saturated carbocycles. The van der Waals surface area contributed by atoms with Crippen LogP contribution in [0.15, 0.2) is 42.6 Å². The molecule has 0 bridgehead atoms. The van der Waals surface area contributed by atoms with Crippen LogP contribution in [0.1, 0.15) is 12.0 Å². The number of nitrogens with zero attached hydrogens (tertiary/aromatic N) is 1. The van der Waals surface area contributed by atoms with E-state index in [1.54, 1.807) is 12.1 Å². The Morgan fingerprint density at radius 3 is 2.50 bits per heavy atom. The lowest BCUT2D eigenvalue weighted by atomic mass is 10.2. The molecular weight excluding hydrogens is 323 g/mol. The number of aryl methyl sites for hydroxylation is 1. The molecule has 1 fully saturated rings. The van der Waals surface area contributed by atoms with Gasteiger partial charge in [-0.15, -0.1) is 23.2 Å². The van der Waals surface area contributed by atoms with Crippen molar-refractivity contribution in [2.75, 3.05) is 5.32 Å². The molecule has 114 valence electrons. The summed E-state index contributed by atoms with van der Waals surface area (Å²) in [6.45, 7) is 2.01. The Kier molecular flexibility index (Phi) is 3.98. The Morgan fingerprint density at radius 2 is 1.95 bits per heavy atom. The molecule has 1 aliphatic carbocycles. The molecule has 6 heteroatoms. The summed E-state index contributed by atoms with van der Waals surface area (Å²) in [5.74, 6) is 0.609. The maximum atomic E-state index is 11.9. The molecule has 0 saturated heterocycles. The van der Waals surface area contributed by atoms with Gasteiger partial charge in [0.25, 0.3) is 0 Å². The predicted molar refractivity (Wildman–Crippen MR) is 86.7 cm³/mol. The minimum absolute atomic E-state index is 0.195. The highest BCUT2D eigenvalue weighted by molar-refractivity contribution is 6.52. The van der Waals surface area contributed by atoms with Gasteiger partial charge in [-0.3, -0.25) is 4.79 Å². The van der Waals surface area contributed by atoms with Crippen molar-refractivity contribution in [1.82, 2.24) is 4.98 Å². The molecule has 1 aliphatic rings. The van der Waals surface area contributed by atoms with Crippen LogP contribution < -0.4 is 10.1 Å². The number of hydrogen-bond acceptors (Lipinski definition) is 3. The average molecular weight is 337 g/mol. The molecule has 4 nitrogen and oxygen atoms in total. The van der Waals surface area contributed by atoms with Gasteiger partial charge in [0, 0.05) is 6.07 Å². The summed E-state index contributed by atoms with van der Waals surface area (Å²) in [6.07, 6.45) is 2.01. The van der Waals surface area contributed by atoms with Crippen LogP contribution in [0.4, 0.5) is 5.69 Å². The fourth-order valence-corrected chi connectivity index (χ4v) is 2.48. The highest BCUT2D eigenvalue weighted by Crippen LogP contribution is 2.53. The van der Waals surface area contributed by atoms with E-state index in [2.05, 4.69) is 10.3 Å². The second-order valence-electron chi connectivity index (χ2n) is 5.31. The van der Waals surface area contributed by atoms with E-state index in [-0.39, 0.29) is 11.8 Å². The molecule has 1 atom stereocenters. The van der Waals surface area contributed by atoms with Crippen LogP contribution >= 0.6 is 23.2 Å². The monoisotopic (exact) mass is 336 g/mol. The first-order valence-corrected chi connectivity index (χ1v) is 7.59. The van der Waals surface area contributed by atoms with Crippen molar-refractivity contribution in [3.05, 3.63) is 48.2 Å². The Bertz CT molecular complexity index is 684. The second kappa shape index (κ2) is 5.78. The topological polar surface area (TPSA) is 51.2 Å². The maximum Gasteiger partial charge on any atom is 0.230 e. The van der Waals surface area contributed by atoms with Crippen molar-refractivity contribution in [1.29, 1.82) is 0 Å². The fraction of sp³-hybridized carbons (Fsp3) is 0.250. The molecule has 1 N–H and O–H groups in total. The number of rotatable bonds is 4. The maximum absolute atomic E-state index is 11.9. The third-order valence-corrected chi connectivity index (χ3v) is 4.23. The van der Waals surface area contributed by atoms with Crippen molar-refractivity contribution in [3.63, 3.8) is 0 Å². The normalized spacial score (nSPS) is 18.6. The number of carbonyl (C=O) groups excluding carboxylic acids is 1. The van der Waals surface area contributed by atoms with E-state index in [1.165, 1.54) is 6.20 Å². The van der Waals surface area contributed by atoms with Gasteiger partial charge in [-0.2, -0.15) is 0 Å². The van der Waals surface area contributed by atoms with Gasteiger partial charge in [-0.1, -0.05) is 17.7 Å². The van der Waals surface area contributed by atoms with Crippen LogP contribution in [-0.4, -0.2) is 15.2 Å². The number of pyridine rings is 1. The second-order valence-corrected chi connectivity index (χ2v) is 6.85. The Labute approximate surface area is 138 Å². The lowest BCUT2D eigenvalue weighted by Gasteiger charge is -2.07. The number of halogens is 2. The number of benzene rings is 1. The number of aromatic nitrogens is 1. The Balaban J connectivity index is 1.60. The lowest BCUT2D eigenvalue weighted by molar-refractivity contribution is -0.117. The van der Waals surface area contributed by atoms with Crippen LogP contribution in [0.5, 0.6) is 11.6 Å². The first-order valence-electron chi connectivity index (χ1n) is 6.83.